The minimum atomic E-state index is -2.30. The first-order chi connectivity index (χ1) is 10.2. The maximum absolute atomic E-state index is 11.6. The van der Waals surface area contributed by atoms with Gasteiger partial charge in [0.05, 0.1) is 6.61 Å². The third-order valence-electron chi connectivity index (χ3n) is 2.96. The number of carboxylic acid groups (broad SMARTS) is 1. The van der Waals surface area contributed by atoms with E-state index < -0.39 is 30.3 Å². The monoisotopic (exact) mass is 312 g/mol. The van der Waals surface area contributed by atoms with Gasteiger partial charge in [-0.2, -0.15) is 0 Å². The Bertz CT molecular complexity index is 595. The van der Waals surface area contributed by atoms with Gasteiger partial charge in [-0.15, -0.1) is 0 Å². The molecule has 0 radical (unpaired) electrons. The van der Waals surface area contributed by atoms with Crippen LogP contribution in [0.3, 0.4) is 0 Å². The van der Waals surface area contributed by atoms with E-state index in [1.165, 1.54) is 24.3 Å². The highest BCUT2D eigenvalue weighted by Crippen LogP contribution is 2.25. The lowest BCUT2D eigenvalue weighted by Crippen LogP contribution is -2.51. The summed E-state index contributed by atoms with van der Waals surface area (Å²) in [5.41, 5.74) is -1.94. The summed E-state index contributed by atoms with van der Waals surface area (Å²) in [6.07, 6.45) is 0.312. The number of phenols is 2. The van der Waals surface area contributed by atoms with Crippen molar-refractivity contribution < 1.29 is 39.9 Å². The van der Waals surface area contributed by atoms with E-state index >= 15 is 0 Å². The first kappa shape index (κ1) is 17.5. The molecular formula is C14H16O8. The number of aliphatic carboxylic acids is 1. The number of aliphatic hydroxyl groups is 2. The van der Waals surface area contributed by atoms with Crippen molar-refractivity contribution in [3.05, 3.63) is 29.8 Å². The number of rotatable bonds is 6. The minimum absolute atomic E-state index is 0.329. The Morgan fingerprint density at radius 3 is 2.45 bits per heavy atom. The molecule has 0 aromatic heterocycles. The summed E-state index contributed by atoms with van der Waals surface area (Å²) in [5, 5.41) is 45.7. The van der Waals surface area contributed by atoms with Crippen LogP contribution in [0.1, 0.15) is 12.5 Å². The number of benzene rings is 1. The maximum Gasteiger partial charge on any atom is 0.350 e. The molecule has 22 heavy (non-hydrogen) atoms. The number of carboxylic acids is 1. The zero-order chi connectivity index (χ0) is 16.9. The highest BCUT2D eigenvalue weighted by atomic mass is 16.6. The maximum atomic E-state index is 11.6. The van der Waals surface area contributed by atoms with Gasteiger partial charge in [-0.1, -0.05) is 6.07 Å². The van der Waals surface area contributed by atoms with E-state index in [1.807, 2.05) is 0 Å². The number of carbonyl (C=O) groups excluding carboxylic acids is 1. The first-order valence-corrected chi connectivity index (χ1v) is 6.16. The van der Waals surface area contributed by atoms with E-state index in [0.29, 0.717) is 5.56 Å². The Hall–Kier alpha value is -2.58. The van der Waals surface area contributed by atoms with E-state index in [9.17, 15) is 19.8 Å². The molecule has 0 spiro atoms. The van der Waals surface area contributed by atoms with Gasteiger partial charge in [0, 0.05) is 6.08 Å². The smallest absolute Gasteiger partial charge is 0.350 e. The van der Waals surface area contributed by atoms with E-state index in [4.69, 9.17) is 15.3 Å². The molecule has 1 aromatic rings. The lowest BCUT2D eigenvalue weighted by Gasteiger charge is -2.28. The van der Waals surface area contributed by atoms with Crippen LogP contribution >= 0.6 is 0 Å². The van der Waals surface area contributed by atoms with Crippen LogP contribution in [0.4, 0.5) is 0 Å². The van der Waals surface area contributed by atoms with Crippen molar-refractivity contribution in [3.63, 3.8) is 0 Å². The average molecular weight is 312 g/mol. The van der Waals surface area contributed by atoms with E-state index in [0.717, 1.165) is 13.0 Å². The van der Waals surface area contributed by atoms with Crippen molar-refractivity contribution in [2.45, 2.75) is 18.6 Å². The summed E-state index contributed by atoms with van der Waals surface area (Å²) >= 11 is 0. The Morgan fingerprint density at radius 1 is 1.32 bits per heavy atom. The fourth-order valence-corrected chi connectivity index (χ4v) is 1.48. The lowest BCUT2D eigenvalue weighted by atomic mass is 10.00. The van der Waals surface area contributed by atoms with Gasteiger partial charge in [0.2, 0.25) is 5.60 Å². The lowest BCUT2D eigenvalue weighted by molar-refractivity contribution is -0.189. The Labute approximate surface area is 125 Å². The molecule has 0 aliphatic rings. The number of aromatic hydroxyl groups is 2. The van der Waals surface area contributed by atoms with Crippen molar-refractivity contribution in [1.29, 1.82) is 0 Å². The van der Waals surface area contributed by atoms with Crippen molar-refractivity contribution in [3.8, 4) is 11.5 Å². The van der Waals surface area contributed by atoms with Crippen molar-refractivity contribution in [2.75, 3.05) is 6.61 Å². The molecule has 8 heteroatoms. The number of carbonyl (C=O) groups is 2. The van der Waals surface area contributed by atoms with Crippen LogP contribution in [0, 0.1) is 0 Å². The fraction of sp³-hybridized carbons (Fsp3) is 0.286. The van der Waals surface area contributed by atoms with E-state index in [2.05, 4.69) is 4.74 Å². The SMILES string of the molecule is C[C@@](OC(=O)C=Cc1ccc(O)c(O)c1)(C(=O)O)[C@@H](O)CO. The Balaban J connectivity index is 2.85. The molecule has 2 atom stereocenters. The summed E-state index contributed by atoms with van der Waals surface area (Å²) in [5.74, 6) is -3.39. The van der Waals surface area contributed by atoms with Gasteiger partial charge >= 0.3 is 11.9 Å². The number of ether oxygens (including phenoxy) is 1. The standard InChI is InChI=1S/C14H16O8/c1-14(13(20)21,11(18)7-15)22-12(19)5-3-8-2-4-9(16)10(17)6-8/h2-6,11,15-18H,7H2,1H3,(H,20,21)/t11-,14-/m0/s1. The third kappa shape index (κ3) is 3.96. The van der Waals surface area contributed by atoms with Gasteiger partial charge in [0.15, 0.2) is 11.5 Å². The third-order valence-corrected chi connectivity index (χ3v) is 2.96. The number of hydrogen-bond donors (Lipinski definition) is 5. The molecule has 0 saturated carbocycles. The van der Waals surface area contributed by atoms with Gasteiger partial charge in [-0.3, -0.25) is 0 Å². The Kier molecular flexibility index (Phi) is 5.50. The summed E-state index contributed by atoms with van der Waals surface area (Å²) in [7, 11) is 0. The summed E-state index contributed by atoms with van der Waals surface area (Å²) in [4.78, 5) is 22.7. The van der Waals surface area contributed by atoms with E-state index in [1.54, 1.807) is 0 Å². The quantitative estimate of drug-likeness (QED) is 0.277. The van der Waals surface area contributed by atoms with Crippen LogP contribution in [0.15, 0.2) is 24.3 Å². The van der Waals surface area contributed by atoms with Crippen LogP contribution in [0.25, 0.3) is 6.08 Å². The van der Waals surface area contributed by atoms with Crippen LogP contribution in [0.5, 0.6) is 11.5 Å². The molecular weight excluding hydrogens is 296 g/mol. The van der Waals surface area contributed by atoms with Gasteiger partial charge in [0.1, 0.15) is 6.10 Å². The molecule has 1 rings (SSSR count). The second kappa shape index (κ2) is 6.92. The van der Waals surface area contributed by atoms with Gasteiger partial charge < -0.3 is 30.3 Å². The van der Waals surface area contributed by atoms with Crippen LogP contribution < -0.4 is 0 Å². The number of phenolic OH excluding ortho intramolecular Hbond substituents is 2. The van der Waals surface area contributed by atoms with Crippen LogP contribution in [-0.4, -0.2) is 55.8 Å². The number of hydrogen-bond acceptors (Lipinski definition) is 7. The molecule has 1 aromatic carbocycles. The fourth-order valence-electron chi connectivity index (χ4n) is 1.48. The highest BCUT2D eigenvalue weighted by molar-refractivity contribution is 5.90. The topological polar surface area (TPSA) is 145 Å². The van der Waals surface area contributed by atoms with Gasteiger partial charge in [0.25, 0.3) is 0 Å². The molecule has 0 bridgehead atoms. The van der Waals surface area contributed by atoms with E-state index in [-0.39, 0.29) is 11.5 Å². The van der Waals surface area contributed by atoms with Crippen LogP contribution in [0.2, 0.25) is 0 Å². The van der Waals surface area contributed by atoms with Crippen molar-refractivity contribution >= 4 is 18.0 Å². The molecule has 0 unspecified atom stereocenters. The van der Waals surface area contributed by atoms with Crippen molar-refractivity contribution in [2.24, 2.45) is 0 Å². The molecule has 0 aliphatic heterocycles. The molecule has 0 saturated heterocycles. The summed E-state index contributed by atoms with van der Waals surface area (Å²) in [6, 6.07) is 3.78. The number of esters is 1. The second-order valence-corrected chi connectivity index (χ2v) is 4.61. The minimum Gasteiger partial charge on any atom is -0.504 e. The van der Waals surface area contributed by atoms with Crippen molar-refractivity contribution in [1.82, 2.24) is 0 Å². The predicted octanol–water partition coefficient (Wildman–Crippen LogP) is -0.149. The average Bonchev–Trinajstić information content (AvgIpc) is 2.47. The molecule has 0 amide bonds. The molecule has 5 N–H and O–H groups in total. The second-order valence-electron chi connectivity index (χ2n) is 4.61. The summed E-state index contributed by atoms with van der Waals surface area (Å²) in [6.45, 7) is 0.0555. The highest BCUT2D eigenvalue weighted by Gasteiger charge is 2.44. The zero-order valence-corrected chi connectivity index (χ0v) is 11.6. The normalized spacial score (nSPS) is 15.2. The number of aliphatic hydroxyl groups excluding tert-OH is 2. The molecule has 0 fully saturated rings. The zero-order valence-electron chi connectivity index (χ0n) is 11.6. The summed E-state index contributed by atoms with van der Waals surface area (Å²) < 4.78 is 4.68. The molecule has 8 nitrogen and oxygen atoms in total. The first-order valence-electron chi connectivity index (χ1n) is 6.16. The molecule has 120 valence electrons. The molecule has 0 aliphatic carbocycles. The molecule has 0 heterocycles. The van der Waals surface area contributed by atoms with Gasteiger partial charge in [-0.05, 0) is 30.7 Å². The predicted molar refractivity (Wildman–Crippen MR) is 74.0 cm³/mol. The largest absolute Gasteiger partial charge is 0.504 e. The Morgan fingerprint density at radius 2 is 1.95 bits per heavy atom. The van der Waals surface area contributed by atoms with Crippen LogP contribution in [-0.2, 0) is 14.3 Å². The van der Waals surface area contributed by atoms with Gasteiger partial charge in [-0.25, -0.2) is 9.59 Å².